The zero-order chi connectivity index (χ0) is 19.6. The third-order valence-corrected chi connectivity index (χ3v) is 4.59. The summed E-state index contributed by atoms with van der Waals surface area (Å²) in [5.41, 5.74) is 2.39. The molecule has 27 heavy (non-hydrogen) atoms. The van der Waals surface area contributed by atoms with E-state index in [2.05, 4.69) is 5.32 Å². The summed E-state index contributed by atoms with van der Waals surface area (Å²) in [7, 11) is 0. The first kappa shape index (κ1) is 18.8. The largest absolute Gasteiger partial charge is 0.508 e. The number of fused-ring (bicyclic) bond motifs is 1. The summed E-state index contributed by atoms with van der Waals surface area (Å²) < 4.78 is 10.6. The Bertz CT molecular complexity index is 1010. The quantitative estimate of drug-likeness (QED) is 0.640. The lowest BCUT2D eigenvalue weighted by atomic mass is 10.1. The van der Waals surface area contributed by atoms with Gasteiger partial charge in [-0.3, -0.25) is 9.59 Å². The molecule has 1 heterocycles. The second-order valence-corrected chi connectivity index (χ2v) is 6.56. The molecule has 0 radical (unpaired) electrons. The van der Waals surface area contributed by atoms with Crippen LogP contribution in [0.1, 0.15) is 18.1 Å². The van der Waals surface area contributed by atoms with E-state index in [0.717, 1.165) is 5.56 Å². The fourth-order valence-electron chi connectivity index (χ4n) is 2.63. The Kier molecular flexibility index (Phi) is 5.37. The highest BCUT2D eigenvalue weighted by atomic mass is 35.5. The molecule has 0 aliphatic heterocycles. The number of anilines is 1. The van der Waals surface area contributed by atoms with Crippen molar-refractivity contribution in [2.75, 3.05) is 5.32 Å². The molecule has 0 saturated heterocycles. The van der Waals surface area contributed by atoms with E-state index in [0.29, 0.717) is 27.2 Å². The number of esters is 1. The van der Waals surface area contributed by atoms with E-state index >= 15 is 0 Å². The molecule has 7 heteroatoms. The minimum atomic E-state index is -0.974. The zero-order valence-electron chi connectivity index (χ0n) is 14.8. The molecule has 0 fully saturated rings. The standard InChI is InChI=1S/C20H18ClNO5/c1-11-16(21)4-3-5-17(11)22-20(25)12(2)27-19(24)8-13-10-26-18-9-14(23)6-7-15(13)18/h3-7,9-10,12,23H,8H2,1-2H3,(H,22,25)/t12-/m1/s1. The van der Waals surface area contributed by atoms with Crippen LogP contribution in [0.15, 0.2) is 47.1 Å². The third kappa shape index (κ3) is 4.23. The van der Waals surface area contributed by atoms with Crippen LogP contribution in [-0.2, 0) is 20.7 Å². The van der Waals surface area contributed by atoms with Crippen LogP contribution in [0.5, 0.6) is 5.75 Å². The number of hydrogen-bond donors (Lipinski definition) is 2. The molecule has 3 rings (SSSR count). The minimum absolute atomic E-state index is 0.0500. The van der Waals surface area contributed by atoms with Crippen LogP contribution in [0.25, 0.3) is 11.0 Å². The van der Waals surface area contributed by atoms with Gasteiger partial charge in [-0.15, -0.1) is 0 Å². The van der Waals surface area contributed by atoms with Gasteiger partial charge in [0.25, 0.3) is 5.91 Å². The smallest absolute Gasteiger partial charge is 0.311 e. The van der Waals surface area contributed by atoms with Crippen molar-refractivity contribution in [3.05, 3.63) is 58.8 Å². The van der Waals surface area contributed by atoms with E-state index in [1.54, 1.807) is 31.2 Å². The van der Waals surface area contributed by atoms with Gasteiger partial charge in [0.2, 0.25) is 0 Å². The van der Waals surface area contributed by atoms with Gasteiger partial charge < -0.3 is 19.6 Å². The average Bonchev–Trinajstić information content (AvgIpc) is 3.00. The number of phenolic OH excluding ortho intramolecular Hbond substituents is 1. The average molecular weight is 388 g/mol. The fraction of sp³-hybridized carbons (Fsp3) is 0.200. The van der Waals surface area contributed by atoms with Crippen LogP contribution in [0, 0.1) is 6.92 Å². The zero-order valence-corrected chi connectivity index (χ0v) is 15.5. The van der Waals surface area contributed by atoms with E-state index in [1.165, 1.54) is 25.3 Å². The van der Waals surface area contributed by atoms with Crippen LogP contribution >= 0.6 is 11.6 Å². The molecule has 0 aliphatic carbocycles. The summed E-state index contributed by atoms with van der Waals surface area (Å²) in [6, 6.07) is 9.81. The second kappa shape index (κ2) is 7.72. The number of nitrogens with one attached hydrogen (secondary N) is 1. The van der Waals surface area contributed by atoms with Gasteiger partial charge in [0.15, 0.2) is 6.10 Å². The first-order valence-electron chi connectivity index (χ1n) is 8.29. The minimum Gasteiger partial charge on any atom is -0.508 e. The summed E-state index contributed by atoms with van der Waals surface area (Å²) >= 11 is 6.04. The number of amides is 1. The Hall–Kier alpha value is -2.99. The fourth-order valence-corrected chi connectivity index (χ4v) is 2.81. The molecule has 1 amide bonds. The molecule has 2 aromatic carbocycles. The van der Waals surface area contributed by atoms with E-state index in [9.17, 15) is 14.7 Å². The summed E-state index contributed by atoms with van der Waals surface area (Å²) in [4.78, 5) is 24.5. The van der Waals surface area contributed by atoms with Crippen molar-refractivity contribution in [3.63, 3.8) is 0 Å². The number of carbonyl (C=O) groups excluding carboxylic acids is 2. The number of furan rings is 1. The lowest BCUT2D eigenvalue weighted by molar-refractivity contribution is -0.152. The Labute approximate surface area is 160 Å². The van der Waals surface area contributed by atoms with Crippen molar-refractivity contribution in [1.82, 2.24) is 0 Å². The molecule has 0 aliphatic rings. The molecule has 6 nitrogen and oxygen atoms in total. The molecule has 0 spiro atoms. The summed E-state index contributed by atoms with van der Waals surface area (Å²) in [6.07, 6.45) is 0.412. The van der Waals surface area contributed by atoms with E-state index in [1.807, 2.05) is 0 Å². The maximum atomic E-state index is 12.3. The van der Waals surface area contributed by atoms with Crippen molar-refractivity contribution in [2.45, 2.75) is 26.4 Å². The predicted molar refractivity (Wildman–Crippen MR) is 102 cm³/mol. The molecule has 1 atom stereocenters. The topological polar surface area (TPSA) is 88.8 Å². The van der Waals surface area contributed by atoms with Crippen molar-refractivity contribution in [1.29, 1.82) is 0 Å². The molecule has 1 aromatic heterocycles. The number of rotatable bonds is 5. The number of benzene rings is 2. The molecule has 2 N–H and O–H groups in total. The highest BCUT2D eigenvalue weighted by Crippen LogP contribution is 2.26. The Morgan fingerprint density at radius 1 is 1.30 bits per heavy atom. The number of aromatic hydroxyl groups is 1. The summed E-state index contributed by atoms with van der Waals surface area (Å²) in [5, 5.41) is 13.4. The van der Waals surface area contributed by atoms with Gasteiger partial charge in [-0.1, -0.05) is 17.7 Å². The van der Waals surface area contributed by atoms with Crippen LogP contribution in [0.3, 0.4) is 0 Å². The van der Waals surface area contributed by atoms with E-state index in [-0.39, 0.29) is 12.2 Å². The van der Waals surface area contributed by atoms with Crippen LogP contribution in [0.2, 0.25) is 5.02 Å². The van der Waals surface area contributed by atoms with Crippen LogP contribution < -0.4 is 5.32 Å². The summed E-state index contributed by atoms with van der Waals surface area (Å²) in [6.45, 7) is 3.29. The number of hydrogen-bond acceptors (Lipinski definition) is 5. The van der Waals surface area contributed by atoms with Crippen molar-refractivity contribution in [2.24, 2.45) is 0 Å². The molecular weight excluding hydrogens is 370 g/mol. The monoisotopic (exact) mass is 387 g/mol. The van der Waals surface area contributed by atoms with Crippen LogP contribution in [0.4, 0.5) is 5.69 Å². The predicted octanol–water partition coefficient (Wildman–Crippen LogP) is 4.21. The first-order chi connectivity index (χ1) is 12.8. The van der Waals surface area contributed by atoms with Gasteiger partial charge >= 0.3 is 5.97 Å². The van der Waals surface area contributed by atoms with Gasteiger partial charge in [0.1, 0.15) is 11.3 Å². The molecule has 3 aromatic rings. The Balaban J connectivity index is 1.62. The molecule has 0 saturated carbocycles. The molecule has 0 bridgehead atoms. The Morgan fingerprint density at radius 2 is 2.07 bits per heavy atom. The van der Waals surface area contributed by atoms with E-state index < -0.39 is 18.0 Å². The van der Waals surface area contributed by atoms with Crippen LogP contribution in [-0.4, -0.2) is 23.1 Å². The number of ether oxygens (including phenoxy) is 1. The normalized spacial score (nSPS) is 12.0. The lowest BCUT2D eigenvalue weighted by Crippen LogP contribution is -2.30. The van der Waals surface area contributed by atoms with Gasteiger partial charge in [0, 0.05) is 27.7 Å². The van der Waals surface area contributed by atoms with Gasteiger partial charge in [-0.25, -0.2) is 0 Å². The van der Waals surface area contributed by atoms with Crippen molar-refractivity contribution >= 4 is 40.1 Å². The molecular formula is C20H18ClNO5. The maximum absolute atomic E-state index is 12.3. The number of halogens is 1. The first-order valence-corrected chi connectivity index (χ1v) is 8.67. The number of phenols is 1. The van der Waals surface area contributed by atoms with E-state index in [4.69, 9.17) is 20.8 Å². The van der Waals surface area contributed by atoms with Gasteiger partial charge in [0.05, 0.1) is 12.7 Å². The Morgan fingerprint density at radius 3 is 2.85 bits per heavy atom. The number of carbonyl (C=O) groups is 2. The lowest BCUT2D eigenvalue weighted by Gasteiger charge is -2.15. The maximum Gasteiger partial charge on any atom is 0.311 e. The molecule has 0 unspecified atom stereocenters. The second-order valence-electron chi connectivity index (χ2n) is 6.15. The van der Waals surface area contributed by atoms with Gasteiger partial charge in [-0.2, -0.15) is 0 Å². The van der Waals surface area contributed by atoms with Crippen molar-refractivity contribution < 1.29 is 23.8 Å². The SMILES string of the molecule is Cc1c(Cl)cccc1NC(=O)[C@@H](C)OC(=O)Cc1coc2cc(O)ccc12. The van der Waals surface area contributed by atoms with Crippen molar-refractivity contribution in [3.8, 4) is 5.75 Å². The van der Waals surface area contributed by atoms with Gasteiger partial charge in [-0.05, 0) is 43.7 Å². The molecule has 140 valence electrons. The summed E-state index contributed by atoms with van der Waals surface area (Å²) in [5.74, 6) is -0.931. The highest BCUT2D eigenvalue weighted by Gasteiger charge is 2.20. The third-order valence-electron chi connectivity index (χ3n) is 4.18. The highest BCUT2D eigenvalue weighted by molar-refractivity contribution is 6.31.